The van der Waals surface area contributed by atoms with Crippen LogP contribution in [0.15, 0.2) is 12.4 Å². The second-order valence-corrected chi connectivity index (χ2v) is 2.84. The molecule has 74 valence electrons. The maximum Gasteiger partial charge on any atom is 0.259 e. The van der Waals surface area contributed by atoms with Gasteiger partial charge in [-0.2, -0.15) is 0 Å². The van der Waals surface area contributed by atoms with E-state index in [-0.39, 0.29) is 0 Å². The van der Waals surface area contributed by atoms with Crippen LogP contribution in [0.3, 0.4) is 0 Å². The Bertz CT molecular complexity index is 235. The van der Waals surface area contributed by atoms with Crippen molar-refractivity contribution in [2.75, 3.05) is 14.2 Å². The molecule has 0 atom stereocenters. The molecule has 4 heteroatoms. The molecule has 0 bridgehead atoms. The van der Waals surface area contributed by atoms with Gasteiger partial charge in [0.05, 0.1) is 0 Å². The summed E-state index contributed by atoms with van der Waals surface area (Å²) >= 11 is 0. The lowest BCUT2D eigenvalue weighted by atomic mass is 10.4. The van der Waals surface area contributed by atoms with Gasteiger partial charge >= 0.3 is 0 Å². The minimum atomic E-state index is 0.597. The summed E-state index contributed by atoms with van der Waals surface area (Å²) in [6.07, 6.45) is 4.97. The molecule has 0 radical (unpaired) electrons. The van der Waals surface area contributed by atoms with Crippen LogP contribution >= 0.6 is 0 Å². The van der Waals surface area contributed by atoms with Gasteiger partial charge in [0.25, 0.3) is 5.82 Å². The fourth-order valence-corrected chi connectivity index (χ4v) is 1.42. The first kappa shape index (κ1) is 10.2. The van der Waals surface area contributed by atoms with Gasteiger partial charge in [0.1, 0.15) is 12.4 Å². The molecule has 0 aliphatic carbocycles. The van der Waals surface area contributed by atoms with Crippen LogP contribution in [-0.4, -0.2) is 18.8 Å². The van der Waals surface area contributed by atoms with Crippen molar-refractivity contribution >= 4 is 0 Å². The van der Waals surface area contributed by atoms with E-state index in [0.717, 1.165) is 6.42 Å². The van der Waals surface area contributed by atoms with E-state index in [1.165, 1.54) is 5.82 Å². The van der Waals surface area contributed by atoms with Crippen LogP contribution in [0.2, 0.25) is 0 Å². The molecule has 0 saturated carbocycles. The normalized spacial score (nSPS) is 10.7. The number of aromatic nitrogens is 2. The molecule has 1 aromatic heterocycles. The molecule has 0 fully saturated rings. The first-order valence-electron chi connectivity index (χ1n) is 4.38. The van der Waals surface area contributed by atoms with Gasteiger partial charge in [0, 0.05) is 20.6 Å². The van der Waals surface area contributed by atoms with Crippen molar-refractivity contribution in [1.82, 2.24) is 4.57 Å². The minimum absolute atomic E-state index is 0.597. The number of nitrogens with zero attached hydrogens (tertiary/aromatic N) is 2. The van der Waals surface area contributed by atoms with Crippen LogP contribution in [0.4, 0.5) is 0 Å². The van der Waals surface area contributed by atoms with Crippen molar-refractivity contribution in [2.24, 2.45) is 0 Å². The lowest BCUT2D eigenvalue weighted by Crippen LogP contribution is -2.37. The van der Waals surface area contributed by atoms with Crippen molar-refractivity contribution in [3.8, 4) is 0 Å². The van der Waals surface area contributed by atoms with Gasteiger partial charge in [-0.25, -0.2) is 9.13 Å². The average molecular weight is 185 g/mol. The first-order chi connectivity index (χ1) is 6.33. The van der Waals surface area contributed by atoms with E-state index in [9.17, 15) is 0 Å². The highest BCUT2D eigenvalue weighted by Crippen LogP contribution is 1.96. The fourth-order valence-electron chi connectivity index (χ4n) is 1.42. The number of hydrogen-bond donors (Lipinski definition) is 0. The van der Waals surface area contributed by atoms with Crippen molar-refractivity contribution in [3.63, 3.8) is 0 Å². The Morgan fingerprint density at radius 1 is 1.38 bits per heavy atom. The quantitative estimate of drug-likeness (QED) is 0.626. The molecule has 0 amide bonds. The molecular weight excluding hydrogens is 168 g/mol. The summed E-state index contributed by atoms with van der Waals surface area (Å²) in [7, 11) is 3.39. The summed E-state index contributed by atoms with van der Waals surface area (Å²) in [6, 6.07) is 0. The van der Waals surface area contributed by atoms with Gasteiger partial charge in [-0.1, -0.05) is 6.92 Å². The zero-order chi connectivity index (χ0) is 9.68. The standard InChI is InChI=1S/C9H17N2O2/c1-4-9-10(7-12-2)5-6-11(9)8-13-3/h5-6H,4,7-8H2,1-3H3/q+1. The van der Waals surface area contributed by atoms with Crippen molar-refractivity contribution in [2.45, 2.75) is 26.8 Å². The molecule has 0 spiro atoms. The molecule has 0 saturated heterocycles. The number of ether oxygens (including phenoxy) is 2. The number of methoxy groups -OCH3 is 2. The van der Waals surface area contributed by atoms with Crippen molar-refractivity contribution in [3.05, 3.63) is 18.2 Å². The molecule has 1 heterocycles. The molecule has 1 rings (SSSR count). The summed E-state index contributed by atoms with van der Waals surface area (Å²) in [5.74, 6) is 1.21. The summed E-state index contributed by atoms with van der Waals surface area (Å²) < 4.78 is 14.3. The fraction of sp³-hybridized carbons (Fsp3) is 0.667. The van der Waals surface area contributed by atoms with Crippen molar-refractivity contribution in [1.29, 1.82) is 0 Å². The molecule has 0 N–H and O–H groups in total. The van der Waals surface area contributed by atoms with Crippen LogP contribution in [0.5, 0.6) is 0 Å². The van der Waals surface area contributed by atoms with Gasteiger partial charge in [0.15, 0.2) is 13.5 Å². The largest absolute Gasteiger partial charge is 0.345 e. The predicted octanol–water partition coefficient (Wildman–Crippen LogP) is 0.546. The lowest BCUT2D eigenvalue weighted by molar-refractivity contribution is -0.737. The number of imidazole rings is 1. The third-order valence-electron chi connectivity index (χ3n) is 1.94. The molecule has 0 unspecified atom stereocenters. The highest BCUT2D eigenvalue weighted by Gasteiger charge is 2.13. The zero-order valence-electron chi connectivity index (χ0n) is 8.49. The van der Waals surface area contributed by atoms with E-state index in [1.807, 2.05) is 12.4 Å². The summed E-state index contributed by atoms with van der Waals surface area (Å²) in [5.41, 5.74) is 0. The lowest BCUT2D eigenvalue weighted by Gasteiger charge is -2.00. The van der Waals surface area contributed by atoms with Crippen LogP contribution in [0.25, 0.3) is 0 Å². The third-order valence-corrected chi connectivity index (χ3v) is 1.94. The smallest absolute Gasteiger partial charge is 0.259 e. The molecular formula is C9H17N2O2+. The molecule has 1 aromatic rings. The SMILES string of the molecule is CCc1n(COC)cc[n+]1COC. The Balaban J connectivity index is 2.82. The monoisotopic (exact) mass is 185 g/mol. The number of rotatable bonds is 5. The van der Waals surface area contributed by atoms with Crippen LogP contribution in [0.1, 0.15) is 12.7 Å². The third kappa shape index (κ3) is 2.29. The molecule has 0 aliphatic rings. The van der Waals surface area contributed by atoms with Crippen LogP contribution in [-0.2, 0) is 29.4 Å². The molecule has 13 heavy (non-hydrogen) atoms. The molecule has 0 aromatic carbocycles. The predicted molar refractivity (Wildman–Crippen MR) is 48.0 cm³/mol. The van der Waals surface area contributed by atoms with Crippen LogP contribution in [0, 0.1) is 0 Å². The van der Waals surface area contributed by atoms with E-state index >= 15 is 0 Å². The van der Waals surface area contributed by atoms with Crippen molar-refractivity contribution < 1.29 is 14.0 Å². The van der Waals surface area contributed by atoms with Gasteiger partial charge in [0.2, 0.25) is 0 Å². The second-order valence-electron chi connectivity index (χ2n) is 2.84. The average Bonchev–Trinajstić information content (AvgIpc) is 2.49. The van der Waals surface area contributed by atoms with Gasteiger partial charge in [-0.15, -0.1) is 0 Å². The topological polar surface area (TPSA) is 27.3 Å². The minimum Gasteiger partial charge on any atom is -0.345 e. The van der Waals surface area contributed by atoms with Gasteiger partial charge < -0.3 is 9.47 Å². The molecule has 4 nitrogen and oxygen atoms in total. The maximum atomic E-state index is 5.07. The van der Waals surface area contributed by atoms with E-state index in [1.54, 1.807) is 14.2 Å². The van der Waals surface area contributed by atoms with Crippen LogP contribution < -0.4 is 4.57 Å². The Hall–Kier alpha value is -0.870. The van der Waals surface area contributed by atoms with E-state index in [2.05, 4.69) is 16.1 Å². The summed E-state index contributed by atoms with van der Waals surface area (Å²) in [5, 5.41) is 0. The Morgan fingerprint density at radius 3 is 2.69 bits per heavy atom. The maximum absolute atomic E-state index is 5.07. The first-order valence-corrected chi connectivity index (χ1v) is 4.38. The highest BCUT2D eigenvalue weighted by atomic mass is 16.5. The van der Waals surface area contributed by atoms with E-state index < -0.39 is 0 Å². The number of hydrogen-bond acceptors (Lipinski definition) is 2. The van der Waals surface area contributed by atoms with E-state index in [0.29, 0.717) is 13.5 Å². The van der Waals surface area contributed by atoms with Gasteiger partial charge in [-0.05, 0) is 0 Å². The Labute approximate surface area is 78.7 Å². The second kappa shape index (κ2) is 4.99. The zero-order valence-corrected chi connectivity index (χ0v) is 8.49. The Kier molecular flexibility index (Phi) is 3.92. The summed E-state index contributed by atoms with van der Waals surface area (Å²) in [4.78, 5) is 0. The van der Waals surface area contributed by atoms with Gasteiger partial charge in [-0.3, -0.25) is 0 Å². The molecule has 0 aliphatic heterocycles. The van der Waals surface area contributed by atoms with E-state index in [4.69, 9.17) is 9.47 Å². The highest BCUT2D eigenvalue weighted by molar-refractivity contribution is 4.81. The summed E-state index contributed by atoms with van der Waals surface area (Å²) in [6.45, 7) is 3.31. The Morgan fingerprint density at radius 2 is 2.15 bits per heavy atom.